The molecule has 0 rings (SSSR count). The van der Waals surface area contributed by atoms with E-state index in [2.05, 4.69) is 13.8 Å². The fraction of sp³-hybridized carbons (Fsp3) is 0.963. The largest absolute Gasteiger partial charge is 0.468 e. The number of hydrogen-bond acceptors (Lipinski definition) is 3. The molecular weight excluding hydrogens is 388 g/mol. The summed E-state index contributed by atoms with van der Waals surface area (Å²) in [5, 5.41) is 0.0580. The summed E-state index contributed by atoms with van der Waals surface area (Å²) in [6.45, 7) is 4.55. The molecule has 0 radical (unpaired) electrons. The van der Waals surface area contributed by atoms with E-state index in [1.165, 1.54) is 136 Å². The van der Waals surface area contributed by atoms with E-state index < -0.39 is 0 Å². The van der Waals surface area contributed by atoms with E-state index in [1.807, 2.05) is 11.8 Å². The van der Waals surface area contributed by atoms with E-state index in [9.17, 15) is 4.79 Å². The SMILES string of the molecule is CCCCCCCCCCCCSC(CCCCCCCCCCCC)C(=O)OC. The Morgan fingerprint density at radius 1 is 0.600 bits per heavy atom. The van der Waals surface area contributed by atoms with Crippen LogP contribution in [0.5, 0.6) is 0 Å². The number of carbonyl (C=O) groups excluding carboxylic acids is 1. The molecule has 0 aromatic heterocycles. The second kappa shape index (κ2) is 25.1. The summed E-state index contributed by atoms with van der Waals surface area (Å²) < 4.78 is 5.05. The van der Waals surface area contributed by atoms with Gasteiger partial charge in [-0.25, -0.2) is 0 Å². The minimum Gasteiger partial charge on any atom is -0.468 e. The van der Waals surface area contributed by atoms with Crippen molar-refractivity contribution in [2.24, 2.45) is 0 Å². The van der Waals surface area contributed by atoms with Crippen molar-refractivity contribution in [3.63, 3.8) is 0 Å². The van der Waals surface area contributed by atoms with Gasteiger partial charge in [0, 0.05) is 0 Å². The molecule has 0 amide bonds. The van der Waals surface area contributed by atoms with Crippen molar-refractivity contribution in [2.45, 2.75) is 154 Å². The van der Waals surface area contributed by atoms with Crippen LogP contribution < -0.4 is 0 Å². The molecule has 30 heavy (non-hydrogen) atoms. The molecule has 0 aliphatic rings. The van der Waals surface area contributed by atoms with Gasteiger partial charge in [-0.1, -0.05) is 136 Å². The Hall–Kier alpha value is -0.180. The summed E-state index contributed by atoms with van der Waals surface area (Å²) in [5.74, 6) is 1.09. The molecule has 0 aromatic rings. The van der Waals surface area contributed by atoms with E-state index in [0.29, 0.717) is 0 Å². The number of unbranched alkanes of at least 4 members (excludes halogenated alkanes) is 18. The third-order valence-corrected chi connectivity index (χ3v) is 7.46. The molecule has 180 valence electrons. The lowest BCUT2D eigenvalue weighted by Crippen LogP contribution is -2.19. The molecule has 0 fully saturated rings. The molecule has 3 heteroatoms. The van der Waals surface area contributed by atoms with Crippen LogP contribution in [-0.4, -0.2) is 24.1 Å². The van der Waals surface area contributed by atoms with Gasteiger partial charge in [0.05, 0.1) is 7.11 Å². The summed E-state index contributed by atoms with van der Waals surface area (Å²) in [5.41, 5.74) is 0. The Bertz CT molecular complexity index is 346. The van der Waals surface area contributed by atoms with Crippen LogP contribution in [0.25, 0.3) is 0 Å². The number of carbonyl (C=O) groups is 1. The molecule has 1 unspecified atom stereocenters. The Morgan fingerprint density at radius 2 is 0.967 bits per heavy atom. The smallest absolute Gasteiger partial charge is 0.318 e. The second-order valence-corrected chi connectivity index (χ2v) is 10.3. The van der Waals surface area contributed by atoms with E-state index in [4.69, 9.17) is 4.74 Å². The summed E-state index contributed by atoms with van der Waals surface area (Å²) in [6.07, 6.45) is 28.1. The van der Waals surface area contributed by atoms with Crippen LogP contribution in [0.15, 0.2) is 0 Å². The number of methoxy groups -OCH3 is 1. The van der Waals surface area contributed by atoms with Crippen LogP contribution in [0.2, 0.25) is 0 Å². The maximum absolute atomic E-state index is 12.1. The highest BCUT2D eigenvalue weighted by atomic mass is 32.2. The van der Waals surface area contributed by atoms with Gasteiger partial charge >= 0.3 is 5.97 Å². The third kappa shape index (κ3) is 21.1. The zero-order chi connectivity index (χ0) is 22.1. The lowest BCUT2D eigenvalue weighted by molar-refractivity contribution is -0.140. The quantitative estimate of drug-likeness (QED) is 0.110. The van der Waals surface area contributed by atoms with Crippen LogP contribution in [0.3, 0.4) is 0 Å². The normalized spacial score (nSPS) is 12.2. The summed E-state index contributed by atoms with van der Waals surface area (Å²) in [7, 11) is 1.54. The lowest BCUT2D eigenvalue weighted by atomic mass is 10.1. The molecule has 0 aliphatic carbocycles. The Morgan fingerprint density at radius 3 is 1.37 bits per heavy atom. The van der Waals surface area contributed by atoms with E-state index in [-0.39, 0.29) is 11.2 Å². The number of hydrogen-bond donors (Lipinski definition) is 0. The Kier molecular flexibility index (Phi) is 24.9. The van der Waals surface area contributed by atoms with Crippen LogP contribution >= 0.6 is 11.8 Å². The van der Waals surface area contributed by atoms with Crippen molar-refractivity contribution in [3.8, 4) is 0 Å². The molecule has 2 nitrogen and oxygen atoms in total. The topological polar surface area (TPSA) is 26.3 Å². The van der Waals surface area contributed by atoms with Gasteiger partial charge in [0.25, 0.3) is 0 Å². The van der Waals surface area contributed by atoms with Crippen molar-refractivity contribution in [3.05, 3.63) is 0 Å². The highest BCUT2D eigenvalue weighted by Crippen LogP contribution is 2.22. The summed E-state index contributed by atoms with van der Waals surface area (Å²) >= 11 is 1.84. The average Bonchev–Trinajstić information content (AvgIpc) is 2.76. The summed E-state index contributed by atoms with van der Waals surface area (Å²) in [6, 6.07) is 0. The average molecular weight is 443 g/mol. The first kappa shape index (κ1) is 29.8. The molecule has 0 saturated heterocycles. The van der Waals surface area contributed by atoms with Crippen molar-refractivity contribution in [2.75, 3.05) is 12.9 Å². The van der Waals surface area contributed by atoms with E-state index in [0.717, 1.165) is 12.2 Å². The maximum Gasteiger partial charge on any atom is 0.318 e. The van der Waals surface area contributed by atoms with Crippen molar-refractivity contribution < 1.29 is 9.53 Å². The van der Waals surface area contributed by atoms with Crippen molar-refractivity contribution >= 4 is 17.7 Å². The minimum absolute atomic E-state index is 0.0111. The van der Waals surface area contributed by atoms with Crippen molar-refractivity contribution in [1.29, 1.82) is 0 Å². The van der Waals surface area contributed by atoms with Gasteiger partial charge in [0.1, 0.15) is 5.25 Å². The zero-order valence-corrected chi connectivity index (χ0v) is 21.7. The zero-order valence-electron chi connectivity index (χ0n) is 20.9. The molecule has 0 aliphatic heterocycles. The summed E-state index contributed by atoms with van der Waals surface area (Å²) in [4.78, 5) is 12.1. The molecule has 0 heterocycles. The molecule has 0 N–H and O–H groups in total. The van der Waals surface area contributed by atoms with Gasteiger partial charge in [-0.05, 0) is 18.6 Å². The number of esters is 1. The fourth-order valence-corrected chi connectivity index (χ4v) is 5.25. The Labute approximate surface area is 194 Å². The number of rotatable bonds is 24. The maximum atomic E-state index is 12.1. The lowest BCUT2D eigenvalue weighted by Gasteiger charge is -2.14. The van der Waals surface area contributed by atoms with Crippen LogP contribution in [0, 0.1) is 0 Å². The first-order valence-corrected chi connectivity index (χ1v) is 14.5. The predicted molar refractivity (Wildman–Crippen MR) is 137 cm³/mol. The van der Waals surface area contributed by atoms with Crippen molar-refractivity contribution in [1.82, 2.24) is 0 Å². The van der Waals surface area contributed by atoms with E-state index in [1.54, 1.807) is 0 Å². The standard InChI is InChI=1S/C27H54O2S/c1-4-6-8-10-12-14-16-18-20-22-24-26(27(28)29-3)30-25-23-21-19-17-15-13-11-9-7-5-2/h26H,4-25H2,1-3H3. The van der Waals surface area contributed by atoms with Gasteiger partial charge in [-0.2, -0.15) is 0 Å². The first-order chi connectivity index (χ1) is 14.8. The van der Waals surface area contributed by atoms with Crippen LogP contribution in [-0.2, 0) is 9.53 Å². The molecular formula is C27H54O2S. The number of ether oxygens (including phenoxy) is 1. The molecule has 0 spiro atoms. The molecule has 1 atom stereocenters. The first-order valence-electron chi connectivity index (χ1n) is 13.5. The van der Waals surface area contributed by atoms with Crippen LogP contribution in [0.1, 0.15) is 149 Å². The fourth-order valence-electron chi connectivity index (χ4n) is 4.03. The van der Waals surface area contributed by atoms with Gasteiger partial charge in [0.2, 0.25) is 0 Å². The van der Waals surface area contributed by atoms with Crippen LogP contribution in [0.4, 0.5) is 0 Å². The molecule has 0 aromatic carbocycles. The van der Waals surface area contributed by atoms with Gasteiger partial charge in [-0.15, -0.1) is 11.8 Å². The highest BCUT2D eigenvalue weighted by molar-refractivity contribution is 8.00. The van der Waals surface area contributed by atoms with Gasteiger partial charge < -0.3 is 4.74 Å². The predicted octanol–water partition coefficient (Wildman–Crippen LogP) is 9.49. The Balaban J connectivity index is 3.58. The minimum atomic E-state index is -0.0111. The van der Waals surface area contributed by atoms with E-state index >= 15 is 0 Å². The molecule has 0 bridgehead atoms. The second-order valence-electron chi connectivity index (χ2n) is 9.04. The highest BCUT2D eigenvalue weighted by Gasteiger charge is 2.18. The number of thioether (sulfide) groups is 1. The van der Waals surface area contributed by atoms with Gasteiger partial charge in [0.15, 0.2) is 0 Å². The monoisotopic (exact) mass is 442 g/mol. The van der Waals surface area contributed by atoms with Gasteiger partial charge in [-0.3, -0.25) is 4.79 Å². The third-order valence-electron chi connectivity index (χ3n) is 6.10. The molecule has 0 saturated carbocycles.